The van der Waals surface area contributed by atoms with Gasteiger partial charge in [-0.15, -0.1) is 0 Å². The van der Waals surface area contributed by atoms with Crippen molar-refractivity contribution in [1.29, 1.82) is 0 Å². The van der Waals surface area contributed by atoms with E-state index >= 15 is 0 Å². The van der Waals surface area contributed by atoms with Crippen LogP contribution >= 0.6 is 0 Å². The molecule has 1 aromatic rings. The summed E-state index contributed by atoms with van der Waals surface area (Å²) in [5, 5.41) is 21.8. The molecule has 0 unspecified atom stereocenters. The van der Waals surface area contributed by atoms with Crippen LogP contribution in [0.5, 0.6) is 0 Å². The summed E-state index contributed by atoms with van der Waals surface area (Å²) in [6, 6.07) is 4.93. The first-order valence-electron chi connectivity index (χ1n) is 11.3. The number of aryl methyl sites for hydroxylation is 1. The molecule has 0 aliphatic carbocycles. The van der Waals surface area contributed by atoms with E-state index in [4.69, 9.17) is 14.9 Å². The third kappa shape index (κ3) is 13.9. The minimum Gasteiger partial charge on any atom is -0.465 e. The highest BCUT2D eigenvalue weighted by Gasteiger charge is 2.28. The first-order valence-corrected chi connectivity index (χ1v) is 11.3. The van der Waals surface area contributed by atoms with Crippen LogP contribution in [-0.4, -0.2) is 53.0 Å². The van der Waals surface area contributed by atoms with Crippen LogP contribution in [0.1, 0.15) is 58.9 Å². The number of ether oxygens (including phenoxy) is 2. The van der Waals surface area contributed by atoms with Gasteiger partial charge in [-0.05, 0) is 51.3 Å². The molecule has 4 N–H and O–H groups in total. The van der Waals surface area contributed by atoms with Gasteiger partial charge in [0.25, 0.3) is 5.91 Å². The number of carbonyl (C=O) groups is 4. The normalized spacial score (nSPS) is 10.6. The van der Waals surface area contributed by atoms with Gasteiger partial charge >= 0.3 is 12.1 Å². The number of aliphatic hydroxyl groups excluding tert-OH is 1. The molecule has 0 bridgehead atoms. The van der Waals surface area contributed by atoms with Gasteiger partial charge in [0, 0.05) is 36.4 Å². The van der Waals surface area contributed by atoms with Gasteiger partial charge in [-0.25, -0.2) is 9.59 Å². The van der Waals surface area contributed by atoms with Crippen LogP contribution in [0.2, 0.25) is 0 Å². The number of nitrogens with one attached hydrogen (secondary N) is 2. The van der Waals surface area contributed by atoms with E-state index in [0.717, 1.165) is 30.9 Å². The van der Waals surface area contributed by atoms with Crippen molar-refractivity contribution in [1.82, 2.24) is 0 Å². The number of hydrogen-bond acceptors (Lipinski definition) is 7. The lowest BCUT2D eigenvalue weighted by atomic mass is 10.0. The molecule has 1 rings (SSSR count). The van der Waals surface area contributed by atoms with E-state index in [1.54, 1.807) is 32.0 Å². The van der Waals surface area contributed by atoms with E-state index in [2.05, 4.69) is 21.9 Å². The molecule has 0 aliphatic heterocycles. The molecule has 0 saturated carbocycles. The van der Waals surface area contributed by atoms with Crippen LogP contribution < -0.4 is 10.6 Å². The summed E-state index contributed by atoms with van der Waals surface area (Å²) in [5.74, 6) is -0.567. The third-order valence-corrected chi connectivity index (χ3v) is 4.83. The molecular formula is C25H38N2O8. The Morgan fingerprint density at radius 2 is 1.77 bits per heavy atom. The lowest BCUT2D eigenvalue weighted by Gasteiger charge is -2.25. The molecule has 0 saturated heterocycles. The molecule has 0 fully saturated rings. The number of amides is 2. The SMILES string of the molecule is C=CC(=O)OCO.Cc1ccc(NC(=O)O)cc1NC(=O)C(C)(C)OCCCCCC(=O)C(C)C. The van der Waals surface area contributed by atoms with E-state index in [1.807, 2.05) is 20.8 Å². The number of ketones is 1. The molecular weight excluding hydrogens is 456 g/mol. The fourth-order valence-electron chi connectivity index (χ4n) is 2.61. The Hall–Kier alpha value is -3.24. The second kappa shape index (κ2) is 16.4. The van der Waals surface area contributed by atoms with Crippen molar-refractivity contribution in [2.24, 2.45) is 5.92 Å². The van der Waals surface area contributed by atoms with Crippen LogP contribution in [0.4, 0.5) is 16.2 Å². The summed E-state index contributed by atoms with van der Waals surface area (Å²) in [4.78, 5) is 44.9. The minimum absolute atomic E-state index is 0.0755. The van der Waals surface area contributed by atoms with Crippen LogP contribution in [0.15, 0.2) is 30.9 Å². The maximum Gasteiger partial charge on any atom is 0.409 e. The van der Waals surface area contributed by atoms with E-state index in [1.165, 1.54) is 0 Å². The highest BCUT2D eigenvalue weighted by Crippen LogP contribution is 2.22. The van der Waals surface area contributed by atoms with Gasteiger partial charge in [-0.3, -0.25) is 14.9 Å². The largest absolute Gasteiger partial charge is 0.465 e. The molecule has 0 aliphatic rings. The van der Waals surface area contributed by atoms with Gasteiger partial charge in [-0.1, -0.05) is 32.9 Å². The van der Waals surface area contributed by atoms with Gasteiger partial charge in [0.2, 0.25) is 0 Å². The number of aliphatic hydroxyl groups is 1. The van der Waals surface area contributed by atoms with Gasteiger partial charge < -0.3 is 25.0 Å². The molecule has 0 spiro atoms. The molecule has 2 amide bonds. The Morgan fingerprint density at radius 3 is 2.29 bits per heavy atom. The molecule has 196 valence electrons. The number of rotatable bonds is 13. The molecule has 0 atom stereocenters. The number of hydrogen-bond donors (Lipinski definition) is 4. The fraction of sp³-hybridized carbons (Fsp3) is 0.520. The predicted molar refractivity (Wildman–Crippen MR) is 133 cm³/mol. The Kier molecular flexibility index (Phi) is 14.9. The standard InChI is InChI=1S/C21H32N2O5.C4H6O3/c1-14(2)18(24)9-7-6-8-12-28-21(4,5)19(25)23-17-13-16(22-20(26)27)11-10-15(17)3;1-2-4(6)7-3-5/h10-11,13-14,22H,6-9,12H2,1-5H3,(H,23,25)(H,26,27);2,5H,1,3H2. The van der Waals surface area contributed by atoms with Crippen molar-refractivity contribution in [3.8, 4) is 0 Å². The number of unbranched alkanes of at least 4 members (excludes halogenated alkanes) is 2. The number of carbonyl (C=O) groups excluding carboxylic acids is 3. The lowest BCUT2D eigenvalue weighted by Crippen LogP contribution is -2.40. The summed E-state index contributed by atoms with van der Waals surface area (Å²) in [6.07, 6.45) is 2.88. The first-order chi connectivity index (χ1) is 16.3. The van der Waals surface area contributed by atoms with Crippen LogP contribution in [-0.2, 0) is 23.9 Å². The van der Waals surface area contributed by atoms with Crippen molar-refractivity contribution in [3.05, 3.63) is 36.4 Å². The highest BCUT2D eigenvalue weighted by molar-refractivity contribution is 5.98. The van der Waals surface area contributed by atoms with Gasteiger partial charge in [0.1, 0.15) is 11.4 Å². The molecule has 0 radical (unpaired) electrons. The molecule has 0 aromatic heterocycles. The molecule has 0 heterocycles. The summed E-state index contributed by atoms with van der Waals surface area (Å²) in [7, 11) is 0. The van der Waals surface area contributed by atoms with E-state index in [9.17, 15) is 19.2 Å². The van der Waals surface area contributed by atoms with Crippen molar-refractivity contribution in [3.63, 3.8) is 0 Å². The summed E-state index contributed by atoms with van der Waals surface area (Å²) in [5.41, 5.74) is 0.689. The average Bonchev–Trinajstić information content (AvgIpc) is 2.78. The van der Waals surface area contributed by atoms with Gasteiger partial charge in [-0.2, -0.15) is 0 Å². The molecule has 1 aromatic carbocycles. The number of esters is 1. The van der Waals surface area contributed by atoms with E-state index in [-0.39, 0.29) is 17.6 Å². The molecule has 35 heavy (non-hydrogen) atoms. The summed E-state index contributed by atoms with van der Waals surface area (Å²) in [6.45, 7) is 12.0. The van der Waals surface area contributed by atoms with Gasteiger partial charge in [0.05, 0.1) is 0 Å². The monoisotopic (exact) mass is 494 g/mol. The number of carboxylic acid groups (broad SMARTS) is 1. The van der Waals surface area contributed by atoms with Crippen molar-refractivity contribution >= 4 is 35.1 Å². The second-order valence-corrected chi connectivity index (χ2v) is 8.50. The first kappa shape index (κ1) is 31.8. The Labute approximate surface area is 206 Å². The van der Waals surface area contributed by atoms with Crippen LogP contribution in [0.3, 0.4) is 0 Å². The zero-order chi connectivity index (χ0) is 27.0. The summed E-state index contributed by atoms with van der Waals surface area (Å²) >= 11 is 0. The zero-order valence-electron chi connectivity index (χ0n) is 21.2. The number of Topliss-reactive ketones (excluding diaryl/α,β-unsaturated/α-hetero) is 1. The Morgan fingerprint density at radius 1 is 1.11 bits per heavy atom. The summed E-state index contributed by atoms with van der Waals surface area (Å²) < 4.78 is 9.74. The fourth-order valence-corrected chi connectivity index (χ4v) is 2.61. The highest BCUT2D eigenvalue weighted by atomic mass is 16.6. The topological polar surface area (TPSA) is 151 Å². The average molecular weight is 495 g/mol. The van der Waals surface area contributed by atoms with E-state index in [0.29, 0.717) is 24.4 Å². The Bertz CT molecular complexity index is 865. The smallest absolute Gasteiger partial charge is 0.409 e. The van der Waals surface area contributed by atoms with Crippen LogP contribution in [0, 0.1) is 12.8 Å². The van der Waals surface area contributed by atoms with Crippen molar-refractivity contribution in [2.45, 2.75) is 65.9 Å². The molecule has 10 nitrogen and oxygen atoms in total. The minimum atomic E-state index is -1.17. The second-order valence-electron chi connectivity index (χ2n) is 8.50. The number of anilines is 2. The quantitative estimate of drug-likeness (QED) is 0.137. The van der Waals surface area contributed by atoms with Crippen LogP contribution in [0.25, 0.3) is 0 Å². The van der Waals surface area contributed by atoms with Crippen molar-refractivity contribution in [2.75, 3.05) is 24.0 Å². The lowest BCUT2D eigenvalue weighted by molar-refractivity contribution is -0.145. The van der Waals surface area contributed by atoms with E-state index < -0.39 is 24.5 Å². The maximum atomic E-state index is 12.6. The Balaban J connectivity index is 0.00000143. The van der Waals surface area contributed by atoms with Crippen molar-refractivity contribution < 1.29 is 38.9 Å². The zero-order valence-corrected chi connectivity index (χ0v) is 21.2. The maximum absolute atomic E-state index is 12.6. The van der Waals surface area contributed by atoms with Gasteiger partial charge in [0.15, 0.2) is 6.79 Å². The number of benzene rings is 1. The third-order valence-electron chi connectivity index (χ3n) is 4.83. The predicted octanol–water partition coefficient (Wildman–Crippen LogP) is 4.27. The molecule has 10 heteroatoms.